The van der Waals surface area contributed by atoms with Gasteiger partial charge in [-0.15, -0.1) is 0 Å². The number of halogens is 1. The number of fused-ring (bicyclic) bond motifs is 1. The molecular weight excluding hydrogens is 286 g/mol. The van der Waals surface area contributed by atoms with E-state index in [0.717, 1.165) is 37.4 Å². The van der Waals surface area contributed by atoms with Gasteiger partial charge in [0.15, 0.2) is 0 Å². The highest BCUT2D eigenvalue weighted by molar-refractivity contribution is 6.28. The second-order valence-corrected chi connectivity index (χ2v) is 5.93. The van der Waals surface area contributed by atoms with Gasteiger partial charge in [-0.1, -0.05) is 6.07 Å². The molecule has 1 unspecified atom stereocenters. The summed E-state index contributed by atoms with van der Waals surface area (Å²) < 4.78 is 0. The van der Waals surface area contributed by atoms with Crippen molar-refractivity contribution < 1.29 is 0 Å². The van der Waals surface area contributed by atoms with Gasteiger partial charge in [0.2, 0.25) is 11.2 Å². The van der Waals surface area contributed by atoms with E-state index < -0.39 is 0 Å². The monoisotopic (exact) mass is 301 g/mol. The van der Waals surface area contributed by atoms with Crippen LogP contribution in [0.1, 0.15) is 42.3 Å². The van der Waals surface area contributed by atoms with Crippen LogP contribution in [0, 0.1) is 0 Å². The van der Waals surface area contributed by atoms with E-state index in [4.69, 9.17) is 11.6 Å². The Morgan fingerprint density at radius 1 is 1.14 bits per heavy atom. The van der Waals surface area contributed by atoms with Crippen LogP contribution in [0.4, 0.5) is 5.95 Å². The summed E-state index contributed by atoms with van der Waals surface area (Å²) in [4.78, 5) is 20.0. The minimum atomic E-state index is 0.142. The Morgan fingerprint density at radius 2 is 2.00 bits per heavy atom. The highest BCUT2D eigenvalue weighted by Gasteiger charge is 2.29. The molecule has 0 radical (unpaired) electrons. The van der Waals surface area contributed by atoms with Crippen LogP contribution in [0.25, 0.3) is 0 Å². The molecule has 2 aromatic heterocycles. The number of aromatic nitrogens is 4. The molecule has 1 aliphatic carbocycles. The van der Waals surface area contributed by atoms with Gasteiger partial charge in [0.05, 0.1) is 11.6 Å². The summed E-state index contributed by atoms with van der Waals surface area (Å²) in [6, 6.07) is 4.11. The third-order valence-electron chi connectivity index (χ3n) is 4.27. The Labute approximate surface area is 128 Å². The Hall–Kier alpha value is -1.75. The van der Waals surface area contributed by atoms with Crippen molar-refractivity contribution in [1.82, 2.24) is 19.9 Å². The van der Waals surface area contributed by atoms with E-state index in [1.165, 1.54) is 18.4 Å². The zero-order chi connectivity index (χ0) is 14.2. The zero-order valence-corrected chi connectivity index (χ0v) is 12.4. The van der Waals surface area contributed by atoms with Gasteiger partial charge in [-0.3, -0.25) is 4.98 Å². The molecule has 108 valence electrons. The summed E-state index contributed by atoms with van der Waals surface area (Å²) in [6.45, 7) is 2.00. The van der Waals surface area contributed by atoms with Gasteiger partial charge in [0, 0.05) is 19.3 Å². The van der Waals surface area contributed by atoms with Crippen LogP contribution >= 0.6 is 11.6 Å². The SMILES string of the molecule is Clc1nc(C2CCc3cccnc32)nc(N2CCCC2)n1. The fourth-order valence-electron chi connectivity index (χ4n) is 3.23. The quantitative estimate of drug-likeness (QED) is 0.853. The van der Waals surface area contributed by atoms with Gasteiger partial charge in [-0.2, -0.15) is 9.97 Å². The van der Waals surface area contributed by atoms with E-state index in [-0.39, 0.29) is 11.2 Å². The average molecular weight is 302 g/mol. The van der Waals surface area contributed by atoms with E-state index in [0.29, 0.717) is 5.95 Å². The summed E-state index contributed by atoms with van der Waals surface area (Å²) in [5.74, 6) is 1.62. The molecule has 4 rings (SSSR count). The Kier molecular flexibility index (Phi) is 3.22. The first-order valence-electron chi connectivity index (χ1n) is 7.41. The third-order valence-corrected chi connectivity index (χ3v) is 4.44. The standard InChI is InChI=1S/C15H16ClN5/c16-14-18-13(19-15(20-14)21-8-1-2-9-21)11-6-5-10-4-3-7-17-12(10)11/h3-4,7,11H,1-2,5-6,8-9H2. The minimum Gasteiger partial charge on any atom is -0.341 e. The first-order valence-corrected chi connectivity index (χ1v) is 7.79. The van der Waals surface area contributed by atoms with Gasteiger partial charge >= 0.3 is 0 Å². The molecule has 6 heteroatoms. The molecule has 1 aliphatic heterocycles. The number of nitrogens with zero attached hydrogens (tertiary/aromatic N) is 5. The zero-order valence-electron chi connectivity index (χ0n) is 11.7. The summed E-state index contributed by atoms with van der Waals surface area (Å²) in [7, 11) is 0. The molecule has 1 atom stereocenters. The van der Waals surface area contributed by atoms with E-state index in [1.807, 2.05) is 12.3 Å². The maximum Gasteiger partial charge on any atom is 0.229 e. The summed E-state index contributed by atoms with van der Waals surface area (Å²) in [6.07, 6.45) is 6.22. The molecule has 21 heavy (non-hydrogen) atoms. The highest BCUT2D eigenvalue weighted by Crippen LogP contribution is 2.35. The third kappa shape index (κ3) is 2.35. The van der Waals surface area contributed by atoms with Crippen molar-refractivity contribution in [3.05, 3.63) is 40.7 Å². The number of hydrogen-bond donors (Lipinski definition) is 0. The molecule has 5 nitrogen and oxygen atoms in total. The Balaban J connectivity index is 1.72. The van der Waals surface area contributed by atoms with Gasteiger partial charge in [0.25, 0.3) is 0 Å². The molecular formula is C15H16ClN5. The van der Waals surface area contributed by atoms with E-state index in [9.17, 15) is 0 Å². The molecule has 0 saturated carbocycles. The number of hydrogen-bond acceptors (Lipinski definition) is 5. The molecule has 2 aromatic rings. The minimum absolute atomic E-state index is 0.142. The first-order chi connectivity index (χ1) is 10.3. The lowest BCUT2D eigenvalue weighted by atomic mass is 10.1. The molecule has 1 saturated heterocycles. The van der Waals surface area contributed by atoms with Crippen LogP contribution in [0.2, 0.25) is 5.28 Å². The summed E-state index contributed by atoms with van der Waals surface area (Å²) in [5.41, 5.74) is 2.38. The molecule has 1 fully saturated rings. The Bertz CT molecular complexity index is 669. The van der Waals surface area contributed by atoms with Crippen LogP contribution in [0.3, 0.4) is 0 Å². The normalized spacial score (nSPS) is 20.8. The maximum atomic E-state index is 6.12. The molecule has 0 N–H and O–H groups in total. The second kappa shape index (κ2) is 5.22. The van der Waals surface area contributed by atoms with E-state index >= 15 is 0 Å². The lowest BCUT2D eigenvalue weighted by molar-refractivity contribution is 0.700. The Morgan fingerprint density at radius 3 is 2.86 bits per heavy atom. The lowest BCUT2D eigenvalue weighted by Crippen LogP contribution is -2.22. The average Bonchev–Trinajstić information content (AvgIpc) is 3.16. The van der Waals surface area contributed by atoms with Crippen LogP contribution in [-0.4, -0.2) is 33.0 Å². The summed E-state index contributed by atoms with van der Waals surface area (Å²) in [5, 5.41) is 0.284. The molecule has 0 spiro atoms. The largest absolute Gasteiger partial charge is 0.341 e. The molecule has 0 amide bonds. The first kappa shape index (κ1) is 13.0. The van der Waals surface area contributed by atoms with Gasteiger partial charge in [0.1, 0.15) is 5.82 Å². The van der Waals surface area contributed by atoms with Gasteiger partial charge in [-0.25, -0.2) is 4.98 Å². The van der Waals surface area contributed by atoms with Crippen molar-refractivity contribution in [2.24, 2.45) is 0 Å². The molecule has 3 heterocycles. The fraction of sp³-hybridized carbons (Fsp3) is 0.467. The molecule has 0 aromatic carbocycles. The molecule has 2 aliphatic rings. The van der Waals surface area contributed by atoms with Gasteiger partial charge < -0.3 is 4.90 Å². The van der Waals surface area contributed by atoms with Crippen LogP contribution in [-0.2, 0) is 6.42 Å². The van der Waals surface area contributed by atoms with E-state index in [2.05, 4.69) is 30.9 Å². The van der Waals surface area contributed by atoms with Crippen molar-refractivity contribution >= 4 is 17.5 Å². The predicted molar refractivity (Wildman–Crippen MR) is 80.7 cm³/mol. The smallest absolute Gasteiger partial charge is 0.229 e. The number of aryl methyl sites for hydroxylation is 1. The van der Waals surface area contributed by atoms with Gasteiger partial charge in [-0.05, 0) is 48.9 Å². The number of rotatable bonds is 2. The number of pyridine rings is 1. The van der Waals surface area contributed by atoms with Crippen molar-refractivity contribution in [2.45, 2.75) is 31.6 Å². The molecule has 0 bridgehead atoms. The van der Waals surface area contributed by atoms with Crippen LogP contribution < -0.4 is 4.90 Å². The second-order valence-electron chi connectivity index (χ2n) is 5.60. The predicted octanol–water partition coefficient (Wildman–Crippen LogP) is 2.60. The van der Waals surface area contributed by atoms with Crippen molar-refractivity contribution in [3.8, 4) is 0 Å². The highest BCUT2D eigenvalue weighted by atomic mass is 35.5. The number of anilines is 1. The van der Waals surface area contributed by atoms with Crippen molar-refractivity contribution in [2.75, 3.05) is 18.0 Å². The fourth-order valence-corrected chi connectivity index (χ4v) is 3.39. The van der Waals surface area contributed by atoms with Crippen LogP contribution in [0.15, 0.2) is 18.3 Å². The van der Waals surface area contributed by atoms with Crippen molar-refractivity contribution in [1.29, 1.82) is 0 Å². The maximum absolute atomic E-state index is 6.12. The van der Waals surface area contributed by atoms with E-state index in [1.54, 1.807) is 0 Å². The van der Waals surface area contributed by atoms with Crippen molar-refractivity contribution in [3.63, 3.8) is 0 Å². The lowest BCUT2D eigenvalue weighted by Gasteiger charge is -2.17. The summed E-state index contributed by atoms with van der Waals surface area (Å²) >= 11 is 6.12. The topological polar surface area (TPSA) is 54.8 Å². The van der Waals surface area contributed by atoms with Crippen LogP contribution in [0.5, 0.6) is 0 Å².